The van der Waals surface area contributed by atoms with Crippen LogP contribution in [0.15, 0.2) is 42.5 Å². The summed E-state index contributed by atoms with van der Waals surface area (Å²) >= 11 is 0. The van der Waals surface area contributed by atoms with Crippen molar-refractivity contribution in [1.29, 1.82) is 5.41 Å². The summed E-state index contributed by atoms with van der Waals surface area (Å²) in [7, 11) is 2.67. The number of esters is 2. The lowest BCUT2D eigenvalue weighted by atomic mass is 10.1. The van der Waals surface area contributed by atoms with Gasteiger partial charge in [-0.05, 0) is 35.9 Å². The number of benzene rings is 2. The van der Waals surface area contributed by atoms with Crippen molar-refractivity contribution < 1.29 is 28.5 Å². The molecule has 3 rings (SSSR count). The third kappa shape index (κ3) is 5.98. The molecule has 9 nitrogen and oxygen atoms in total. The van der Waals surface area contributed by atoms with E-state index in [1.165, 1.54) is 14.2 Å². The quantitative estimate of drug-likeness (QED) is 0.342. The van der Waals surface area contributed by atoms with Crippen LogP contribution >= 0.6 is 0 Å². The fourth-order valence-electron chi connectivity index (χ4n) is 3.32. The van der Waals surface area contributed by atoms with E-state index in [0.29, 0.717) is 30.2 Å². The molecule has 1 atom stereocenters. The van der Waals surface area contributed by atoms with Gasteiger partial charge < -0.3 is 29.6 Å². The monoisotopic (exact) mass is 441 g/mol. The van der Waals surface area contributed by atoms with Crippen LogP contribution in [-0.2, 0) is 36.6 Å². The van der Waals surface area contributed by atoms with Crippen molar-refractivity contribution in [2.24, 2.45) is 5.73 Å². The van der Waals surface area contributed by atoms with Crippen LogP contribution in [0.1, 0.15) is 16.7 Å². The summed E-state index contributed by atoms with van der Waals surface area (Å²) in [6, 6.07) is 12.6. The number of rotatable bonds is 9. The van der Waals surface area contributed by atoms with E-state index in [1.807, 2.05) is 12.1 Å². The smallest absolute Gasteiger partial charge is 0.310 e. The first-order chi connectivity index (χ1) is 15.4. The SMILES string of the molecule is COC(=O)Cc1ccc(CC(=O)OC)c(OCC2CN(c3ccc(C(=N)N)cc3)CO2)c1. The van der Waals surface area contributed by atoms with Gasteiger partial charge in [0.1, 0.15) is 31.0 Å². The molecule has 0 aliphatic carbocycles. The first-order valence-electron chi connectivity index (χ1n) is 10.1. The molecule has 1 unspecified atom stereocenters. The third-order valence-corrected chi connectivity index (χ3v) is 5.13. The highest BCUT2D eigenvalue weighted by atomic mass is 16.6. The number of nitrogens with two attached hydrogens (primary N) is 1. The minimum absolute atomic E-state index is 0.0256. The van der Waals surface area contributed by atoms with Gasteiger partial charge in [-0.1, -0.05) is 12.1 Å². The second-order valence-corrected chi connectivity index (χ2v) is 7.36. The molecule has 1 fully saturated rings. The Morgan fingerprint density at radius 2 is 1.78 bits per heavy atom. The summed E-state index contributed by atoms with van der Waals surface area (Å²) in [6.07, 6.45) is -0.0162. The van der Waals surface area contributed by atoms with Crippen LogP contribution in [0.3, 0.4) is 0 Å². The minimum Gasteiger partial charge on any atom is -0.490 e. The maximum absolute atomic E-state index is 11.8. The van der Waals surface area contributed by atoms with Crippen LogP contribution in [0.25, 0.3) is 0 Å². The summed E-state index contributed by atoms with van der Waals surface area (Å²) in [5, 5.41) is 7.49. The second kappa shape index (κ2) is 10.6. The number of nitrogens with zero attached hydrogens (tertiary/aromatic N) is 1. The van der Waals surface area contributed by atoms with E-state index in [4.69, 9.17) is 30.1 Å². The molecule has 2 aromatic rings. The number of carbonyl (C=O) groups is 2. The number of methoxy groups -OCH3 is 2. The van der Waals surface area contributed by atoms with E-state index < -0.39 is 0 Å². The number of nitrogens with one attached hydrogen (secondary N) is 1. The van der Waals surface area contributed by atoms with Crippen molar-refractivity contribution in [3.05, 3.63) is 59.2 Å². The van der Waals surface area contributed by atoms with Gasteiger partial charge in [-0.15, -0.1) is 0 Å². The van der Waals surface area contributed by atoms with Crippen molar-refractivity contribution in [2.45, 2.75) is 18.9 Å². The summed E-state index contributed by atoms with van der Waals surface area (Å²) in [5.41, 5.74) is 8.52. The first-order valence-corrected chi connectivity index (χ1v) is 10.1. The van der Waals surface area contributed by atoms with E-state index >= 15 is 0 Å². The summed E-state index contributed by atoms with van der Waals surface area (Å²) in [5.74, 6) is -0.211. The Hall–Kier alpha value is -3.59. The van der Waals surface area contributed by atoms with E-state index in [1.54, 1.807) is 30.3 Å². The molecular weight excluding hydrogens is 414 g/mol. The highest BCUT2D eigenvalue weighted by Gasteiger charge is 2.24. The van der Waals surface area contributed by atoms with Gasteiger partial charge in [0.25, 0.3) is 0 Å². The fourth-order valence-corrected chi connectivity index (χ4v) is 3.32. The van der Waals surface area contributed by atoms with Crippen LogP contribution in [0, 0.1) is 5.41 Å². The predicted octanol–water partition coefficient (Wildman–Crippen LogP) is 1.64. The Bertz CT molecular complexity index is 976. The normalized spacial score (nSPS) is 15.3. The lowest BCUT2D eigenvalue weighted by Crippen LogP contribution is -2.25. The van der Waals surface area contributed by atoms with Crippen molar-refractivity contribution in [3.63, 3.8) is 0 Å². The van der Waals surface area contributed by atoms with Crippen LogP contribution < -0.4 is 15.4 Å². The molecule has 0 aromatic heterocycles. The fraction of sp³-hybridized carbons (Fsp3) is 0.348. The lowest BCUT2D eigenvalue weighted by molar-refractivity contribution is -0.140. The van der Waals surface area contributed by atoms with Crippen LogP contribution in [-0.4, -0.2) is 58.0 Å². The Balaban J connectivity index is 1.65. The summed E-state index contributed by atoms with van der Waals surface area (Å²) < 4.78 is 21.3. The van der Waals surface area contributed by atoms with E-state index in [2.05, 4.69) is 4.90 Å². The minimum atomic E-state index is -0.382. The number of carbonyl (C=O) groups excluding carboxylic acids is 2. The molecule has 1 heterocycles. The topological polar surface area (TPSA) is 124 Å². The maximum atomic E-state index is 11.8. The lowest BCUT2D eigenvalue weighted by Gasteiger charge is -2.17. The summed E-state index contributed by atoms with van der Waals surface area (Å²) in [4.78, 5) is 25.4. The average molecular weight is 441 g/mol. The molecule has 9 heteroatoms. The molecular formula is C23H27N3O6. The average Bonchev–Trinajstić information content (AvgIpc) is 3.28. The Morgan fingerprint density at radius 1 is 1.09 bits per heavy atom. The standard InChI is InChI=1S/C23H27N3O6/c1-29-21(27)10-15-3-4-17(11-22(28)30-2)20(9-15)31-13-19-12-26(14-32-19)18-7-5-16(6-8-18)23(24)25/h3-9,19H,10-14H2,1-2H3,(H3,24,25). The van der Waals surface area contributed by atoms with Gasteiger partial charge in [0, 0.05) is 23.4 Å². The molecule has 32 heavy (non-hydrogen) atoms. The van der Waals surface area contributed by atoms with Crippen LogP contribution in [0.2, 0.25) is 0 Å². The van der Waals surface area contributed by atoms with Crippen molar-refractivity contribution in [2.75, 3.05) is 39.0 Å². The Labute approximate surface area is 186 Å². The second-order valence-electron chi connectivity index (χ2n) is 7.36. The van der Waals surface area contributed by atoms with Gasteiger partial charge in [0.2, 0.25) is 0 Å². The number of nitrogen functional groups attached to an aromatic ring is 1. The Morgan fingerprint density at radius 3 is 2.44 bits per heavy atom. The molecule has 1 aliphatic rings. The van der Waals surface area contributed by atoms with Crippen molar-refractivity contribution >= 4 is 23.5 Å². The number of hydrogen-bond donors (Lipinski definition) is 2. The van der Waals surface area contributed by atoms with Crippen LogP contribution in [0.4, 0.5) is 5.69 Å². The molecule has 3 N–H and O–H groups in total. The predicted molar refractivity (Wildman–Crippen MR) is 118 cm³/mol. The zero-order chi connectivity index (χ0) is 23.1. The molecule has 0 saturated carbocycles. The largest absolute Gasteiger partial charge is 0.490 e. The Kier molecular flexibility index (Phi) is 7.67. The van der Waals surface area contributed by atoms with Gasteiger partial charge in [0.15, 0.2) is 0 Å². The van der Waals surface area contributed by atoms with Gasteiger partial charge >= 0.3 is 11.9 Å². The molecule has 0 amide bonds. The third-order valence-electron chi connectivity index (χ3n) is 5.13. The summed E-state index contributed by atoms with van der Waals surface area (Å²) in [6.45, 7) is 1.30. The number of ether oxygens (including phenoxy) is 4. The molecule has 2 aromatic carbocycles. The van der Waals surface area contributed by atoms with Crippen LogP contribution in [0.5, 0.6) is 5.75 Å². The number of hydrogen-bond acceptors (Lipinski definition) is 8. The van der Waals surface area contributed by atoms with Gasteiger partial charge in [-0.25, -0.2) is 0 Å². The van der Waals surface area contributed by atoms with Crippen molar-refractivity contribution in [1.82, 2.24) is 0 Å². The highest BCUT2D eigenvalue weighted by Crippen LogP contribution is 2.25. The van der Waals surface area contributed by atoms with E-state index in [0.717, 1.165) is 11.3 Å². The highest BCUT2D eigenvalue weighted by molar-refractivity contribution is 5.95. The van der Waals surface area contributed by atoms with E-state index in [-0.39, 0.29) is 43.3 Å². The number of anilines is 1. The maximum Gasteiger partial charge on any atom is 0.310 e. The van der Waals surface area contributed by atoms with Crippen molar-refractivity contribution in [3.8, 4) is 5.75 Å². The molecule has 1 aliphatic heterocycles. The molecule has 0 spiro atoms. The van der Waals surface area contributed by atoms with Gasteiger partial charge in [-0.2, -0.15) is 0 Å². The zero-order valence-electron chi connectivity index (χ0n) is 18.1. The van der Waals surface area contributed by atoms with Gasteiger partial charge in [0.05, 0.1) is 27.1 Å². The molecule has 0 radical (unpaired) electrons. The molecule has 170 valence electrons. The zero-order valence-corrected chi connectivity index (χ0v) is 18.1. The van der Waals surface area contributed by atoms with Gasteiger partial charge in [-0.3, -0.25) is 15.0 Å². The van der Waals surface area contributed by atoms with E-state index in [9.17, 15) is 9.59 Å². The number of amidine groups is 1. The molecule has 1 saturated heterocycles. The molecule has 0 bridgehead atoms. The first kappa shape index (κ1) is 23.1.